The molecule has 1 N–H and O–H groups in total. The summed E-state index contributed by atoms with van der Waals surface area (Å²) in [5.74, 6) is -1.18. The van der Waals surface area contributed by atoms with Crippen molar-refractivity contribution in [2.45, 2.75) is 12.8 Å². The Labute approximate surface area is 78.8 Å². The molecule has 0 fully saturated rings. The molecule has 0 unspecified atom stereocenters. The number of hydrogen-bond donors (Lipinski definition) is 1. The van der Waals surface area contributed by atoms with Crippen LogP contribution in [0.1, 0.15) is 10.8 Å². The maximum absolute atomic E-state index is 12.2. The summed E-state index contributed by atoms with van der Waals surface area (Å²) in [4.78, 5) is 0.0152. The highest BCUT2D eigenvalue weighted by molar-refractivity contribution is 7.16. The lowest BCUT2D eigenvalue weighted by Gasteiger charge is -1.99. The van der Waals surface area contributed by atoms with E-state index < -0.39 is 18.6 Å². The van der Waals surface area contributed by atoms with E-state index in [9.17, 15) is 13.2 Å². The van der Waals surface area contributed by atoms with Crippen LogP contribution in [-0.2, 0) is 12.8 Å². The number of alkyl halides is 3. The van der Waals surface area contributed by atoms with E-state index in [0.717, 1.165) is 11.3 Å². The summed E-state index contributed by atoms with van der Waals surface area (Å²) in [5.41, 5.74) is 0. The van der Waals surface area contributed by atoms with Gasteiger partial charge in [-0.2, -0.15) is 22.8 Å². The third-order valence-corrected chi connectivity index (χ3v) is 2.31. The molecule has 0 aliphatic rings. The topological polar surface area (TPSA) is 63.3 Å². The molecular formula is C5H3F3N4OS. The van der Waals surface area contributed by atoms with E-state index in [2.05, 4.69) is 15.3 Å². The highest BCUT2D eigenvalue weighted by Gasteiger charge is 2.38. The Morgan fingerprint density at radius 2 is 2.07 bits per heavy atom. The first-order valence-corrected chi connectivity index (χ1v) is 4.23. The Morgan fingerprint density at radius 1 is 1.36 bits per heavy atom. The average molecular weight is 224 g/mol. The van der Waals surface area contributed by atoms with Crippen LogP contribution in [0.5, 0.6) is 0 Å². The lowest BCUT2D eigenvalue weighted by atomic mass is 10.6. The summed E-state index contributed by atoms with van der Waals surface area (Å²) in [7, 11) is 0. The van der Waals surface area contributed by atoms with Gasteiger partial charge in [0, 0.05) is 0 Å². The van der Waals surface area contributed by atoms with Gasteiger partial charge >= 0.3 is 6.18 Å². The zero-order valence-electron chi connectivity index (χ0n) is 6.49. The SMILES string of the molecule is OCc1nn2c(C(F)(F)F)nnc2s1. The van der Waals surface area contributed by atoms with Crippen LogP contribution in [0.2, 0.25) is 0 Å². The van der Waals surface area contributed by atoms with E-state index in [1.54, 1.807) is 0 Å². The quantitative estimate of drug-likeness (QED) is 0.774. The van der Waals surface area contributed by atoms with Crippen molar-refractivity contribution < 1.29 is 18.3 Å². The van der Waals surface area contributed by atoms with Crippen LogP contribution in [0, 0.1) is 0 Å². The molecule has 14 heavy (non-hydrogen) atoms. The summed E-state index contributed by atoms with van der Waals surface area (Å²) in [6.07, 6.45) is -4.58. The zero-order chi connectivity index (χ0) is 10.3. The highest BCUT2D eigenvalue weighted by atomic mass is 32.1. The van der Waals surface area contributed by atoms with Crippen molar-refractivity contribution in [2.24, 2.45) is 0 Å². The summed E-state index contributed by atoms with van der Waals surface area (Å²) >= 11 is 0.862. The van der Waals surface area contributed by atoms with Crippen molar-refractivity contribution in [1.29, 1.82) is 0 Å². The minimum atomic E-state index is -4.58. The number of aliphatic hydroxyl groups is 1. The fraction of sp³-hybridized carbons (Fsp3) is 0.400. The standard InChI is InChI=1S/C5H3F3N4OS/c6-5(7,8)3-9-10-4-12(3)11-2(1-13)14-4/h13H,1H2. The molecule has 76 valence electrons. The van der Waals surface area contributed by atoms with Crippen molar-refractivity contribution in [3.05, 3.63) is 10.8 Å². The van der Waals surface area contributed by atoms with Crippen LogP contribution in [0.4, 0.5) is 13.2 Å². The molecule has 0 aliphatic carbocycles. The molecule has 2 rings (SSSR count). The van der Waals surface area contributed by atoms with Crippen LogP contribution >= 0.6 is 11.3 Å². The number of nitrogens with zero attached hydrogens (tertiary/aromatic N) is 4. The Balaban J connectivity index is 2.61. The van der Waals surface area contributed by atoms with Gasteiger partial charge in [-0.05, 0) is 0 Å². The number of halogens is 3. The molecular weight excluding hydrogens is 221 g/mol. The predicted octanol–water partition coefficient (Wildman–Crippen LogP) is 0.697. The normalized spacial score (nSPS) is 12.6. The van der Waals surface area contributed by atoms with Gasteiger partial charge in [-0.3, -0.25) is 0 Å². The van der Waals surface area contributed by atoms with Gasteiger partial charge in [0.2, 0.25) is 4.96 Å². The Bertz CT molecular complexity index is 461. The third kappa shape index (κ3) is 1.34. The largest absolute Gasteiger partial charge is 0.453 e. The van der Waals surface area contributed by atoms with Crippen molar-refractivity contribution in [1.82, 2.24) is 19.8 Å². The van der Waals surface area contributed by atoms with Gasteiger partial charge in [0.25, 0.3) is 5.82 Å². The van der Waals surface area contributed by atoms with E-state index in [1.165, 1.54) is 0 Å². The van der Waals surface area contributed by atoms with Gasteiger partial charge in [-0.15, -0.1) is 10.2 Å². The molecule has 0 saturated heterocycles. The number of fused-ring (bicyclic) bond motifs is 1. The lowest BCUT2D eigenvalue weighted by Crippen LogP contribution is -2.11. The summed E-state index contributed by atoms with van der Waals surface area (Å²) in [6.45, 7) is -0.411. The molecule has 0 spiro atoms. The molecule has 0 aromatic carbocycles. The maximum atomic E-state index is 12.2. The molecule has 0 atom stereocenters. The van der Waals surface area contributed by atoms with Crippen LogP contribution in [0.25, 0.3) is 4.96 Å². The minimum absolute atomic E-state index is 0.0152. The zero-order valence-corrected chi connectivity index (χ0v) is 7.30. The number of hydrogen-bond acceptors (Lipinski definition) is 5. The van der Waals surface area contributed by atoms with E-state index in [1.807, 2.05) is 0 Å². The Hall–Kier alpha value is -1.22. The lowest BCUT2D eigenvalue weighted by molar-refractivity contribution is -0.146. The van der Waals surface area contributed by atoms with Gasteiger partial charge in [0.05, 0.1) is 6.61 Å². The summed E-state index contributed by atoms with van der Waals surface area (Å²) in [5, 5.41) is 18.6. The first-order valence-electron chi connectivity index (χ1n) is 3.41. The van der Waals surface area contributed by atoms with Crippen molar-refractivity contribution in [3.63, 3.8) is 0 Å². The van der Waals surface area contributed by atoms with E-state index >= 15 is 0 Å². The minimum Gasteiger partial charge on any atom is -0.389 e. The Morgan fingerprint density at radius 3 is 2.64 bits per heavy atom. The van der Waals surface area contributed by atoms with Gasteiger partial charge in [-0.25, -0.2) is 0 Å². The first-order chi connectivity index (χ1) is 6.52. The van der Waals surface area contributed by atoms with Crippen LogP contribution in [0.15, 0.2) is 0 Å². The van der Waals surface area contributed by atoms with Gasteiger partial charge in [0.1, 0.15) is 5.01 Å². The van der Waals surface area contributed by atoms with Crippen LogP contribution < -0.4 is 0 Å². The smallest absolute Gasteiger partial charge is 0.389 e. The molecule has 0 radical (unpaired) electrons. The first kappa shape index (κ1) is 9.34. The third-order valence-electron chi connectivity index (χ3n) is 1.42. The van der Waals surface area contributed by atoms with Gasteiger partial charge in [-0.1, -0.05) is 11.3 Å². The van der Waals surface area contributed by atoms with Crippen LogP contribution in [-0.4, -0.2) is 24.9 Å². The molecule has 0 amide bonds. The molecule has 9 heteroatoms. The molecule has 5 nitrogen and oxygen atoms in total. The average Bonchev–Trinajstić information content (AvgIpc) is 2.57. The second-order valence-corrected chi connectivity index (χ2v) is 3.41. The molecule has 2 heterocycles. The summed E-state index contributed by atoms with van der Waals surface area (Å²) in [6, 6.07) is 0. The molecule has 2 aromatic heterocycles. The highest BCUT2D eigenvalue weighted by Crippen LogP contribution is 2.28. The number of aromatic nitrogens is 4. The molecule has 0 bridgehead atoms. The van der Waals surface area contributed by atoms with Gasteiger partial charge < -0.3 is 5.11 Å². The summed E-state index contributed by atoms with van der Waals surface area (Å²) < 4.78 is 37.3. The predicted molar refractivity (Wildman–Crippen MR) is 39.6 cm³/mol. The molecule has 2 aromatic rings. The fourth-order valence-corrected chi connectivity index (χ4v) is 1.59. The van der Waals surface area contributed by atoms with E-state index in [-0.39, 0.29) is 9.97 Å². The van der Waals surface area contributed by atoms with Crippen molar-refractivity contribution >= 4 is 16.3 Å². The Kier molecular flexibility index (Phi) is 1.93. The van der Waals surface area contributed by atoms with E-state index in [4.69, 9.17) is 5.11 Å². The number of rotatable bonds is 1. The fourth-order valence-electron chi connectivity index (χ4n) is 0.897. The van der Waals surface area contributed by atoms with Crippen LogP contribution in [0.3, 0.4) is 0 Å². The second kappa shape index (κ2) is 2.89. The van der Waals surface area contributed by atoms with Crippen molar-refractivity contribution in [3.8, 4) is 0 Å². The van der Waals surface area contributed by atoms with E-state index in [0.29, 0.717) is 4.52 Å². The molecule has 0 aliphatic heterocycles. The van der Waals surface area contributed by atoms with Crippen molar-refractivity contribution in [2.75, 3.05) is 0 Å². The maximum Gasteiger partial charge on any atom is 0.453 e. The van der Waals surface area contributed by atoms with Gasteiger partial charge in [0.15, 0.2) is 0 Å². The molecule has 0 saturated carbocycles. The second-order valence-electron chi connectivity index (χ2n) is 2.37. The monoisotopic (exact) mass is 224 g/mol. The number of aliphatic hydroxyl groups excluding tert-OH is 1.